The second-order valence-electron chi connectivity index (χ2n) is 3.71. The van der Waals surface area contributed by atoms with Gasteiger partial charge in [0.2, 0.25) is 0 Å². The van der Waals surface area contributed by atoms with Crippen LogP contribution in [0.15, 0.2) is 36.7 Å². The van der Waals surface area contributed by atoms with Gasteiger partial charge >= 0.3 is 0 Å². The molecule has 17 heavy (non-hydrogen) atoms. The minimum Gasteiger partial charge on any atom is -0.366 e. The average molecular weight is 229 g/mol. The predicted molar refractivity (Wildman–Crippen MR) is 68.3 cm³/mol. The summed E-state index contributed by atoms with van der Waals surface area (Å²) in [5, 5.41) is 3.24. The van der Waals surface area contributed by atoms with E-state index in [1.807, 2.05) is 37.4 Å². The molecule has 0 atom stereocenters. The number of aryl methyl sites for hydroxylation is 1. The van der Waals surface area contributed by atoms with Crippen LogP contribution in [-0.2, 0) is 6.54 Å². The fraction of sp³-hybridized carbons (Fsp3) is 0.167. The highest BCUT2D eigenvalue weighted by molar-refractivity contribution is 5.44. The van der Waals surface area contributed by atoms with Crippen LogP contribution in [-0.4, -0.2) is 9.97 Å². The van der Waals surface area contributed by atoms with Gasteiger partial charge in [0.25, 0.3) is 0 Å². The van der Waals surface area contributed by atoms with E-state index in [-0.39, 0.29) is 0 Å². The highest BCUT2D eigenvalue weighted by Gasteiger charge is 1.99. The van der Waals surface area contributed by atoms with E-state index in [9.17, 15) is 0 Å². The van der Waals surface area contributed by atoms with Crippen LogP contribution in [0, 0.1) is 6.92 Å². The molecular formula is C12H15N5. The lowest BCUT2D eigenvalue weighted by atomic mass is 10.1. The summed E-state index contributed by atoms with van der Waals surface area (Å²) in [5.41, 5.74) is 4.88. The molecule has 0 fully saturated rings. The summed E-state index contributed by atoms with van der Waals surface area (Å²) >= 11 is 0. The maximum absolute atomic E-state index is 5.30. The molecule has 0 aliphatic heterocycles. The van der Waals surface area contributed by atoms with Crippen molar-refractivity contribution in [2.45, 2.75) is 13.5 Å². The zero-order valence-electron chi connectivity index (χ0n) is 9.64. The molecule has 2 rings (SSSR count). The normalized spacial score (nSPS) is 10.0. The van der Waals surface area contributed by atoms with Gasteiger partial charge in [-0.05, 0) is 36.2 Å². The molecule has 0 unspecified atom stereocenters. The number of nitrogens with two attached hydrogens (primary N) is 1. The number of pyridine rings is 2. The van der Waals surface area contributed by atoms with Gasteiger partial charge in [-0.1, -0.05) is 6.07 Å². The molecule has 5 nitrogen and oxygen atoms in total. The van der Waals surface area contributed by atoms with Crippen LogP contribution >= 0.6 is 0 Å². The predicted octanol–water partition coefficient (Wildman–Crippen LogP) is 1.68. The Morgan fingerprint density at radius 3 is 2.82 bits per heavy atom. The minimum atomic E-state index is 0.640. The Morgan fingerprint density at radius 1 is 1.24 bits per heavy atom. The number of hydrogen-bond acceptors (Lipinski definition) is 5. The molecule has 5 heteroatoms. The van der Waals surface area contributed by atoms with E-state index < -0.39 is 0 Å². The number of anilines is 2. The molecular weight excluding hydrogens is 214 g/mol. The quantitative estimate of drug-likeness (QED) is 0.549. The zero-order chi connectivity index (χ0) is 12.1. The number of nitrogens with one attached hydrogen (secondary N) is 2. The molecule has 4 N–H and O–H groups in total. The second-order valence-corrected chi connectivity index (χ2v) is 3.71. The molecule has 0 saturated heterocycles. The summed E-state index contributed by atoms with van der Waals surface area (Å²) in [5.74, 6) is 6.73. The summed E-state index contributed by atoms with van der Waals surface area (Å²) in [6, 6.07) is 7.59. The second kappa shape index (κ2) is 5.27. The van der Waals surface area contributed by atoms with E-state index in [0.717, 1.165) is 17.9 Å². The van der Waals surface area contributed by atoms with Gasteiger partial charge in [-0.2, -0.15) is 0 Å². The van der Waals surface area contributed by atoms with Crippen LogP contribution < -0.4 is 16.6 Å². The fourth-order valence-electron chi connectivity index (χ4n) is 1.50. The van der Waals surface area contributed by atoms with Crippen molar-refractivity contribution in [3.05, 3.63) is 47.8 Å². The Hall–Kier alpha value is -2.14. The summed E-state index contributed by atoms with van der Waals surface area (Å²) in [7, 11) is 0. The SMILES string of the molecule is Cc1cnccc1CNc1cccc(NN)n1. The maximum atomic E-state index is 5.30. The first-order valence-corrected chi connectivity index (χ1v) is 5.36. The topological polar surface area (TPSA) is 75.9 Å². The Morgan fingerprint density at radius 2 is 2.06 bits per heavy atom. The molecule has 0 aliphatic carbocycles. The van der Waals surface area contributed by atoms with Crippen molar-refractivity contribution >= 4 is 11.6 Å². The number of aromatic nitrogens is 2. The lowest BCUT2D eigenvalue weighted by Crippen LogP contribution is -2.10. The molecule has 0 aliphatic rings. The summed E-state index contributed by atoms with van der Waals surface area (Å²) < 4.78 is 0. The van der Waals surface area contributed by atoms with Gasteiger partial charge in [-0.3, -0.25) is 4.98 Å². The van der Waals surface area contributed by atoms with Gasteiger partial charge in [-0.15, -0.1) is 0 Å². The highest BCUT2D eigenvalue weighted by atomic mass is 15.3. The first-order chi connectivity index (χ1) is 8.29. The van der Waals surface area contributed by atoms with Crippen LogP contribution in [0.3, 0.4) is 0 Å². The van der Waals surface area contributed by atoms with Gasteiger partial charge < -0.3 is 10.7 Å². The molecule has 2 heterocycles. The van der Waals surface area contributed by atoms with E-state index >= 15 is 0 Å². The van der Waals surface area contributed by atoms with Gasteiger partial charge in [0.1, 0.15) is 11.6 Å². The average Bonchev–Trinajstić information content (AvgIpc) is 2.38. The number of hydrazine groups is 1. The van der Waals surface area contributed by atoms with Crippen LogP contribution in [0.5, 0.6) is 0 Å². The van der Waals surface area contributed by atoms with Crippen LogP contribution in [0.25, 0.3) is 0 Å². The number of hydrogen-bond donors (Lipinski definition) is 3. The van der Waals surface area contributed by atoms with E-state index in [4.69, 9.17) is 5.84 Å². The van der Waals surface area contributed by atoms with Crippen molar-refractivity contribution in [2.75, 3.05) is 10.7 Å². The molecule has 0 amide bonds. The lowest BCUT2D eigenvalue weighted by Gasteiger charge is -2.08. The molecule has 2 aromatic heterocycles. The summed E-state index contributed by atoms with van der Waals surface area (Å²) in [6.45, 7) is 2.75. The van der Waals surface area contributed by atoms with Crippen molar-refractivity contribution in [1.82, 2.24) is 9.97 Å². The third-order valence-corrected chi connectivity index (χ3v) is 2.49. The van der Waals surface area contributed by atoms with Crippen molar-refractivity contribution < 1.29 is 0 Å². The van der Waals surface area contributed by atoms with E-state index in [0.29, 0.717) is 5.82 Å². The molecule has 2 aromatic rings. The molecule has 88 valence electrons. The third kappa shape index (κ3) is 2.92. The number of nitrogen functional groups attached to an aromatic ring is 1. The van der Waals surface area contributed by atoms with Crippen molar-refractivity contribution in [2.24, 2.45) is 5.84 Å². The van der Waals surface area contributed by atoms with Crippen molar-refractivity contribution in [3.63, 3.8) is 0 Å². The van der Waals surface area contributed by atoms with Gasteiger partial charge in [0.05, 0.1) is 0 Å². The number of rotatable bonds is 4. The minimum absolute atomic E-state index is 0.640. The molecule has 0 aromatic carbocycles. The number of nitrogens with zero attached hydrogens (tertiary/aromatic N) is 2. The standard InChI is InChI=1S/C12H15N5/c1-9-7-14-6-5-10(9)8-15-11-3-2-4-12(16-11)17-13/h2-7H,8,13H2,1H3,(H2,15,16,17). The van der Waals surface area contributed by atoms with Gasteiger partial charge in [0.15, 0.2) is 0 Å². The van der Waals surface area contributed by atoms with Crippen molar-refractivity contribution in [3.8, 4) is 0 Å². The largest absolute Gasteiger partial charge is 0.366 e. The highest BCUT2D eigenvalue weighted by Crippen LogP contribution is 2.11. The Balaban J connectivity index is 2.05. The smallest absolute Gasteiger partial charge is 0.142 e. The van der Waals surface area contributed by atoms with Crippen molar-refractivity contribution in [1.29, 1.82) is 0 Å². The monoisotopic (exact) mass is 229 g/mol. The Labute approximate surface area is 100 Å². The molecule has 0 spiro atoms. The van der Waals surface area contributed by atoms with Crippen LogP contribution in [0.1, 0.15) is 11.1 Å². The lowest BCUT2D eigenvalue weighted by molar-refractivity contribution is 1.07. The van der Waals surface area contributed by atoms with Crippen LogP contribution in [0.4, 0.5) is 11.6 Å². The van der Waals surface area contributed by atoms with E-state index in [1.165, 1.54) is 5.56 Å². The molecule has 0 bridgehead atoms. The summed E-state index contributed by atoms with van der Waals surface area (Å²) in [6.07, 6.45) is 3.64. The first kappa shape index (κ1) is 11.3. The third-order valence-electron chi connectivity index (χ3n) is 2.49. The molecule has 0 radical (unpaired) electrons. The zero-order valence-corrected chi connectivity index (χ0v) is 9.64. The Bertz CT molecular complexity index is 498. The first-order valence-electron chi connectivity index (χ1n) is 5.36. The molecule has 0 saturated carbocycles. The van der Waals surface area contributed by atoms with Gasteiger partial charge in [0, 0.05) is 18.9 Å². The van der Waals surface area contributed by atoms with Crippen LogP contribution in [0.2, 0.25) is 0 Å². The van der Waals surface area contributed by atoms with E-state index in [1.54, 1.807) is 6.20 Å². The van der Waals surface area contributed by atoms with Gasteiger partial charge in [-0.25, -0.2) is 10.8 Å². The Kier molecular flexibility index (Phi) is 3.52. The fourth-order valence-corrected chi connectivity index (χ4v) is 1.50. The maximum Gasteiger partial charge on any atom is 0.142 e. The summed E-state index contributed by atoms with van der Waals surface area (Å²) in [4.78, 5) is 8.33. The van der Waals surface area contributed by atoms with E-state index in [2.05, 4.69) is 20.7 Å².